The van der Waals surface area contributed by atoms with Crippen molar-refractivity contribution in [1.82, 2.24) is 0 Å². The lowest BCUT2D eigenvalue weighted by atomic mass is 10.1. The normalized spacial score (nSPS) is 12.4. The molecule has 2 nitrogen and oxygen atoms in total. The van der Waals surface area contributed by atoms with Gasteiger partial charge in [0.25, 0.3) is 0 Å². The van der Waals surface area contributed by atoms with Crippen molar-refractivity contribution in [3.05, 3.63) is 45.1 Å². The predicted molar refractivity (Wildman–Crippen MR) is 74.9 cm³/mol. The molecule has 3 N–H and O–H groups in total. The molecule has 1 aromatic carbocycles. The Hall–Kier alpha value is -1.00. The van der Waals surface area contributed by atoms with Crippen molar-refractivity contribution >= 4 is 38.6 Å². The highest BCUT2D eigenvalue weighted by Gasteiger charge is 2.07. The van der Waals surface area contributed by atoms with E-state index in [9.17, 15) is 0 Å². The van der Waals surface area contributed by atoms with Crippen LogP contribution in [0.15, 0.2) is 39.5 Å². The van der Waals surface area contributed by atoms with Crippen LogP contribution < -0.4 is 11.1 Å². The molecule has 0 bridgehead atoms. The predicted octanol–water partition coefficient (Wildman–Crippen LogP) is 4.27. The molecule has 2 rings (SSSR count). The van der Waals surface area contributed by atoms with Crippen LogP contribution in [0.3, 0.4) is 0 Å². The summed E-state index contributed by atoms with van der Waals surface area (Å²) in [5.41, 5.74) is 8.82. The summed E-state index contributed by atoms with van der Waals surface area (Å²) in [5, 5.41) is 7.69. The number of nitrogen functional groups attached to an aromatic ring is 1. The van der Waals surface area contributed by atoms with Gasteiger partial charge in [-0.2, -0.15) is 11.3 Å². The first kappa shape index (κ1) is 11.5. The van der Waals surface area contributed by atoms with Crippen LogP contribution in [-0.2, 0) is 0 Å². The molecule has 2 aromatic rings. The molecule has 0 aliphatic carbocycles. The van der Waals surface area contributed by atoms with Gasteiger partial charge in [0.2, 0.25) is 0 Å². The number of thiophene rings is 1. The van der Waals surface area contributed by atoms with E-state index in [0.717, 1.165) is 15.8 Å². The highest BCUT2D eigenvalue weighted by atomic mass is 79.9. The third-order valence-electron chi connectivity index (χ3n) is 2.41. The van der Waals surface area contributed by atoms with E-state index in [-0.39, 0.29) is 0 Å². The molecule has 1 unspecified atom stereocenters. The SMILES string of the molecule is CC(Nc1ccc(N)cc1Br)c1ccsc1. The number of hydrogen-bond acceptors (Lipinski definition) is 3. The van der Waals surface area contributed by atoms with Crippen molar-refractivity contribution in [3.63, 3.8) is 0 Å². The first-order chi connectivity index (χ1) is 7.66. The lowest BCUT2D eigenvalue weighted by molar-refractivity contribution is 0.889. The molecule has 4 heteroatoms. The van der Waals surface area contributed by atoms with Gasteiger partial charge < -0.3 is 11.1 Å². The Balaban J connectivity index is 2.15. The van der Waals surface area contributed by atoms with E-state index >= 15 is 0 Å². The number of halogens is 1. The standard InChI is InChI=1S/C12H13BrN2S/c1-8(9-4-5-16-7-9)15-12-3-2-10(14)6-11(12)13/h2-8,15H,14H2,1H3. The fraction of sp³-hybridized carbons (Fsp3) is 0.167. The smallest absolute Gasteiger partial charge is 0.0494 e. The van der Waals surface area contributed by atoms with Gasteiger partial charge in [0.1, 0.15) is 0 Å². The largest absolute Gasteiger partial charge is 0.399 e. The van der Waals surface area contributed by atoms with Gasteiger partial charge in [-0.3, -0.25) is 0 Å². The van der Waals surface area contributed by atoms with Crippen LogP contribution in [0.25, 0.3) is 0 Å². The molecule has 1 heterocycles. The molecule has 1 atom stereocenters. The molecule has 0 fully saturated rings. The second-order valence-corrected chi connectivity index (χ2v) is 5.30. The fourth-order valence-electron chi connectivity index (χ4n) is 1.49. The summed E-state index contributed by atoms with van der Waals surface area (Å²) in [6.45, 7) is 2.14. The van der Waals surface area contributed by atoms with Crippen LogP contribution in [-0.4, -0.2) is 0 Å². The maximum absolute atomic E-state index is 5.70. The Morgan fingerprint density at radius 3 is 2.81 bits per heavy atom. The number of hydrogen-bond donors (Lipinski definition) is 2. The van der Waals surface area contributed by atoms with E-state index in [4.69, 9.17) is 5.73 Å². The summed E-state index contributed by atoms with van der Waals surface area (Å²) < 4.78 is 0.995. The third-order valence-corrected chi connectivity index (χ3v) is 3.77. The van der Waals surface area contributed by atoms with E-state index in [1.54, 1.807) is 11.3 Å². The molecule has 16 heavy (non-hydrogen) atoms. The highest BCUT2D eigenvalue weighted by Crippen LogP contribution is 2.28. The maximum atomic E-state index is 5.70. The van der Waals surface area contributed by atoms with Gasteiger partial charge >= 0.3 is 0 Å². The third kappa shape index (κ3) is 2.57. The average molecular weight is 297 g/mol. The van der Waals surface area contributed by atoms with E-state index in [1.807, 2.05) is 18.2 Å². The van der Waals surface area contributed by atoms with Crippen molar-refractivity contribution in [3.8, 4) is 0 Å². The second kappa shape index (κ2) is 4.89. The summed E-state index contributed by atoms with van der Waals surface area (Å²) in [4.78, 5) is 0. The topological polar surface area (TPSA) is 38.0 Å². The number of benzene rings is 1. The molecule has 0 saturated carbocycles. The molecular formula is C12H13BrN2S. The number of rotatable bonds is 3. The minimum absolute atomic E-state index is 0.297. The lowest BCUT2D eigenvalue weighted by Gasteiger charge is -2.15. The summed E-state index contributed by atoms with van der Waals surface area (Å²) in [7, 11) is 0. The molecule has 84 valence electrons. The minimum atomic E-state index is 0.297. The van der Waals surface area contributed by atoms with Gasteiger partial charge in [-0.1, -0.05) is 0 Å². The van der Waals surface area contributed by atoms with Gasteiger partial charge in [0.05, 0.1) is 0 Å². The van der Waals surface area contributed by atoms with Crippen LogP contribution in [0.5, 0.6) is 0 Å². The van der Waals surface area contributed by atoms with Crippen molar-refractivity contribution in [2.24, 2.45) is 0 Å². The number of nitrogens with one attached hydrogen (secondary N) is 1. The molecule has 0 amide bonds. The van der Waals surface area contributed by atoms with Crippen molar-refractivity contribution in [2.75, 3.05) is 11.1 Å². The molecule has 0 radical (unpaired) electrons. The zero-order valence-corrected chi connectivity index (χ0v) is 11.3. The molecule has 0 saturated heterocycles. The first-order valence-electron chi connectivity index (χ1n) is 5.00. The van der Waals surface area contributed by atoms with Crippen LogP contribution in [0.1, 0.15) is 18.5 Å². The first-order valence-corrected chi connectivity index (χ1v) is 6.74. The minimum Gasteiger partial charge on any atom is -0.399 e. The van der Waals surface area contributed by atoms with Gasteiger partial charge in [-0.05, 0) is 63.4 Å². The second-order valence-electron chi connectivity index (χ2n) is 3.66. The van der Waals surface area contributed by atoms with Crippen molar-refractivity contribution in [1.29, 1.82) is 0 Å². The highest BCUT2D eigenvalue weighted by molar-refractivity contribution is 9.10. The molecule has 0 spiro atoms. The zero-order chi connectivity index (χ0) is 11.5. The van der Waals surface area contributed by atoms with E-state index in [2.05, 4.69) is 45.0 Å². The Morgan fingerprint density at radius 2 is 2.19 bits per heavy atom. The van der Waals surface area contributed by atoms with Gasteiger partial charge in [-0.25, -0.2) is 0 Å². The summed E-state index contributed by atoms with van der Waals surface area (Å²) in [6, 6.07) is 8.22. The fourth-order valence-corrected chi connectivity index (χ4v) is 2.75. The Morgan fingerprint density at radius 1 is 1.38 bits per heavy atom. The van der Waals surface area contributed by atoms with Crippen LogP contribution in [0, 0.1) is 0 Å². The number of nitrogens with two attached hydrogens (primary N) is 1. The Kier molecular flexibility index (Phi) is 3.51. The number of anilines is 2. The monoisotopic (exact) mass is 296 g/mol. The zero-order valence-electron chi connectivity index (χ0n) is 8.91. The molecule has 1 aromatic heterocycles. The van der Waals surface area contributed by atoms with E-state index in [1.165, 1.54) is 5.56 Å². The quantitative estimate of drug-likeness (QED) is 0.830. The van der Waals surface area contributed by atoms with E-state index in [0.29, 0.717) is 6.04 Å². The molecule has 0 aliphatic heterocycles. The van der Waals surface area contributed by atoms with Crippen LogP contribution in [0.2, 0.25) is 0 Å². The van der Waals surface area contributed by atoms with Gasteiger partial charge in [0.15, 0.2) is 0 Å². The average Bonchev–Trinajstić information content (AvgIpc) is 2.75. The Bertz CT molecular complexity index is 468. The van der Waals surface area contributed by atoms with Crippen LogP contribution >= 0.6 is 27.3 Å². The molecule has 0 aliphatic rings. The summed E-state index contributed by atoms with van der Waals surface area (Å²) in [5.74, 6) is 0. The summed E-state index contributed by atoms with van der Waals surface area (Å²) in [6.07, 6.45) is 0. The van der Waals surface area contributed by atoms with Crippen molar-refractivity contribution < 1.29 is 0 Å². The maximum Gasteiger partial charge on any atom is 0.0494 e. The van der Waals surface area contributed by atoms with Gasteiger partial charge in [-0.15, -0.1) is 0 Å². The lowest BCUT2D eigenvalue weighted by Crippen LogP contribution is -2.06. The van der Waals surface area contributed by atoms with Crippen molar-refractivity contribution in [2.45, 2.75) is 13.0 Å². The van der Waals surface area contributed by atoms with Gasteiger partial charge in [0, 0.05) is 21.9 Å². The molecular weight excluding hydrogens is 284 g/mol. The summed E-state index contributed by atoms with van der Waals surface area (Å²) >= 11 is 5.21. The van der Waals surface area contributed by atoms with E-state index < -0.39 is 0 Å². The Labute approximate surface area is 108 Å². The van der Waals surface area contributed by atoms with Crippen LogP contribution in [0.4, 0.5) is 11.4 Å².